The molecule has 3 rings (SSSR count). The van der Waals surface area contributed by atoms with Crippen LogP contribution >= 0.6 is 11.3 Å². The van der Waals surface area contributed by atoms with Gasteiger partial charge in [0.25, 0.3) is 5.91 Å². The molecule has 2 aromatic heterocycles. The molecule has 0 saturated carbocycles. The number of aryl methyl sites for hydroxylation is 2. The SMILES string of the molecule is Cc1ncc(C(=O)NC(C)C(=O)N2CCC(CCc3c(C)nc(C(F)(F)F)nc3N)CC2)s1. The highest BCUT2D eigenvalue weighted by Gasteiger charge is 2.36. The van der Waals surface area contributed by atoms with Crippen molar-refractivity contribution in [2.24, 2.45) is 5.92 Å². The molecular weight excluding hydrogens is 457 g/mol. The first-order valence-electron chi connectivity index (χ1n) is 10.7. The van der Waals surface area contributed by atoms with Crippen LogP contribution in [0.1, 0.15) is 57.9 Å². The van der Waals surface area contributed by atoms with E-state index in [4.69, 9.17) is 5.73 Å². The van der Waals surface area contributed by atoms with Gasteiger partial charge in [-0.1, -0.05) is 0 Å². The minimum Gasteiger partial charge on any atom is -0.383 e. The van der Waals surface area contributed by atoms with E-state index in [1.54, 1.807) is 18.7 Å². The van der Waals surface area contributed by atoms with Gasteiger partial charge in [0.1, 0.15) is 16.7 Å². The number of nitrogens with zero attached hydrogens (tertiary/aromatic N) is 4. The Morgan fingerprint density at radius 1 is 1.27 bits per heavy atom. The number of alkyl halides is 3. The Kier molecular flexibility index (Phi) is 7.55. The monoisotopic (exact) mass is 484 g/mol. The van der Waals surface area contributed by atoms with E-state index in [9.17, 15) is 22.8 Å². The molecule has 180 valence electrons. The number of anilines is 1. The number of piperidine rings is 1. The van der Waals surface area contributed by atoms with Gasteiger partial charge in [-0.2, -0.15) is 13.2 Å². The second kappa shape index (κ2) is 10.0. The van der Waals surface area contributed by atoms with Crippen molar-refractivity contribution in [1.82, 2.24) is 25.2 Å². The number of carbonyl (C=O) groups excluding carboxylic acids is 2. The number of nitrogens with one attached hydrogen (secondary N) is 1. The lowest BCUT2D eigenvalue weighted by molar-refractivity contribution is -0.145. The summed E-state index contributed by atoms with van der Waals surface area (Å²) < 4.78 is 38.5. The maximum Gasteiger partial charge on any atom is 0.451 e. The van der Waals surface area contributed by atoms with E-state index >= 15 is 0 Å². The molecule has 0 radical (unpaired) electrons. The number of nitrogens with two attached hydrogens (primary N) is 1. The minimum absolute atomic E-state index is 0.136. The molecule has 1 aliphatic rings. The Morgan fingerprint density at radius 2 is 1.94 bits per heavy atom. The van der Waals surface area contributed by atoms with E-state index in [0.29, 0.717) is 35.9 Å². The average molecular weight is 485 g/mol. The Bertz CT molecular complexity index is 995. The fourth-order valence-electron chi connectivity index (χ4n) is 3.91. The molecule has 33 heavy (non-hydrogen) atoms. The van der Waals surface area contributed by atoms with Gasteiger partial charge < -0.3 is 16.0 Å². The second-order valence-electron chi connectivity index (χ2n) is 8.24. The summed E-state index contributed by atoms with van der Waals surface area (Å²) in [6.07, 6.45) is -0.406. The lowest BCUT2D eigenvalue weighted by Gasteiger charge is -2.33. The number of nitrogen functional groups attached to an aromatic ring is 1. The Morgan fingerprint density at radius 3 is 2.48 bits per heavy atom. The van der Waals surface area contributed by atoms with Crippen LogP contribution < -0.4 is 11.1 Å². The number of aromatic nitrogens is 3. The average Bonchev–Trinajstić information content (AvgIpc) is 3.18. The quantitative estimate of drug-likeness (QED) is 0.651. The zero-order valence-electron chi connectivity index (χ0n) is 18.7. The molecule has 1 saturated heterocycles. The molecular formula is C21H27F3N6O2S. The third-order valence-electron chi connectivity index (χ3n) is 5.79. The molecule has 2 amide bonds. The summed E-state index contributed by atoms with van der Waals surface area (Å²) in [5.41, 5.74) is 6.55. The third kappa shape index (κ3) is 6.18. The number of hydrogen-bond donors (Lipinski definition) is 2. The zero-order chi connectivity index (χ0) is 24.3. The van der Waals surface area contributed by atoms with Crippen molar-refractivity contribution in [3.05, 3.63) is 33.2 Å². The molecule has 3 N–H and O–H groups in total. The summed E-state index contributed by atoms with van der Waals surface area (Å²) in [5, 5.41) is 3.50. The standard InChI is InChI=1S/C21H27F3N6O2S/c1-11-15(17(25)29-20(28-11)21(22,23)24)5-4-14-6-8-30(9-7-14)19(32)12(2)27-18(31)16-10-26-13(3)33-16/h10,12,14H,4-9H2,1-3H3,(H,27,31)(H2,25,28,29). The van der Waals surface area contributed by atoms with Gasteiger partial charge in [-0.15, -0.1) is 11.3 Å². The largest absolute Gasteiger partial charge is 0.451 e. The molecule has 3 heterocycles. The van der Waals surface area contributed by atoms with Gasteiger partial charge in [-0.25, -0.2) is 15.0 Å². The third-order valence-corrected chi connectivity index (χ3v) is 6.70. The Balaban J connectivity index is 1.49. The molecule has 1 atom stereocenters. The number of halogens is 3. The van der Waals surface area contributed by atoms with E-state index in [1.807, 2.05) is 0 Å². The highest BCUT2D eigenvalue weighted by molar-refractivity contribution is 7.13. The lowest BCUT2D eigenvalue weighted by atomic mass is 9.90. The zero-order valence-corrected chi connectivity index (χ0v) is 19.5. The molecule has 1 aliphatic heterocycles. The molecule has 0 spiro atoms. The number of amides is 2. The minimum atomic E-state index is -4.63. The van der Waals surface area contributed by atoms with Gasteiger partial charge in [-0.3, -0.25) is 9.59 Å². The van der Waals surface area contributed by atoms with E-state index < -0.39 is 18.0 Å². The second-order valence-corrected chi connectivity index (χ2v) is 9.47. The first kappa shape index (κ1) is 24.9. The van der Waals surface area contributed by atoms with Crippen molar-refractivity contribution in [2.45, 2.75) is 58.7 Å². The highest BCUT2D eigenvalue weighted by Crippen LogP contribution is 2.30. The summed E-state index contributed by atoms with van der Waals surface area (Å²) in [7, 11) is 0. The smallest absolute Gasteiger partial charge is 0.383 e. The lowest BCUT2D eigenvalue weighted by Crippen LogP contribution is -2.49. The van der Waals surface area contributed by atoms with Crippen LogP contribution in [-0.4, -0.2) is 50.8 Å². The number of carbonyl (C=O) groups is 2. The normalized spacial score (nSPS) is 16.0. The summed E-state index contributed by atoms with van der Waals surface area (Å²) in [6, 6.07) is -0.650. The van der Waals surface area contributed by atoms with Crippen LogP contribution in [-0.2, 0) is 17.4 Å². The van der Waals surface area contributed by atoms with Crippen molar-refractivity contribution >= 4 is 29.0 Å². The molecule has 12 heteroatoms. The molecule has 1 unspecified atom stereocenters. The van der Waals surface area contributed by atoms with Crippen LogP contribution in [0, 0.1) is 19.8 Å². The van der Waals surface area contributed by atoms with Crippen LogP contribution in [0.5, 0.6) is 0 Å². The van der Waals surface area contributed by atoms with Crippen molar-refractivity contribution in [1.29, 1.82) is 0 Å². The first-order chi connectivity index (χ1) is 15.5. The van der Waals surface area contributed by atoms with E-state index in [1.165, 1.54) is 24.5 Å². The van der Waals surface area contributed by atoms with Gasteiger partial charge in [0.2, 0.25) is 11.7 Å². The number of likely N-dealkylation sites (tertiary alicyclic amines) is 1. The Labute approximate surface area is 193 Å². The van der Waals surface area contributed by atoms with Crippen molar-refractivity contribution < 1.29 is 22.8 Å². The van der Waals surface area contributed by atoms with Gasteiger partial charge in [-0.05, 0) is 52.4 Å². The molecule has 8 nitrogen and oxygen atoms in total. The molecule has 2 aromatic rings. The topological polar surface area (TPSA) is 114 Å². The molecule has 1 fully saturated rings. The van der Waals surface area contributed by atoms with Crippen LogP contribution in [0.25, 0.3) is 0 Å². The first-order valence-corrected chi connectivity index (χ1v) is 11.5. The predicted molar refractivity (Wildman–Crippen MR) is 118 cm³/mol. The Hall–Kier alpha value is -2.76. The fraction of sp³-hybridized carbons (Fsp3) is 0.571. The summed E-state index contributed by atoms with van der Waals surface area (Å²) >= 11 is 1.27. The summed E-state index contributed by atoms with van der Waals surface area (Å²) in [6.45, 7) is 6.09. The van der Waals surface area contributed by atoms with Crippen molar-refractivity contribution in [3.8, 4) is 0 Å². The maximum absolute atomic E-state index is 12.8. The molecule has 0 bridgehead atoms. The summed E-state index contributed by atoms with van der Waals surface area (Å²) in [5.74, 6) is -1.51. The molecule has 0 aromatic carbocycles. The number of thiazole rings is 1. The fourth-order valence-corrected chi connectivity index (χ4v) is 4.59. The van der Waals surface area contributed by atoms with E-state index in [-0.39, 0.29) is 23.3 Å². The van der Waals surface area contributed by atoms with Gasteiger partial charge in [0, 0.05) is 24.3 Å². The number of hydrogen-bond acceptors (Lipinski definition) is 7. The van der Waals surface area contributed by atoms with Gasteiger partial charge >= 0.3 is 6.18 Å². The molecule has 0 aliphatic carbocycles. The maximum atomic E-state index is 12.8. The van der Waals surface area contributed by atoms with Crippen LogP contribution in [0.4, 0.5) is 19.0 Å². The van der Waals surface area contributed by atoms with E-state index in [0.717, 1.165) is 24.3 Å². The number of rotatable bonds is 6. The van der Waals surface area contributed by atoms with Crippen LogP contribution in [0.2, 0.25) is 0 Å². The highest BCUT2D eigenvalue weighted by atomic mass is 32.1. The van der Waals surface area contributed by atoms with Gasteiger partial charge in [0.15, 0.2) is 0 Å². The van der Waals surface area contributed by atoms with Crippen molar-refractivity contribution in [2.75, 3.05) is 18.8 Å². The van der Waals surface area contributed by atoms with Crippen molar-refractivity contribution in [3.63, 3.8) is 0 Å². The van der Waals surface area contributed by atoms with Gasteiger partial charge in [0.05, 0.1) is 11.2 Å². The summed E-state index contributed by atoms with van der Waals surface area (Å²) in [4.78, 5) is 38.2. The van der Waals surface area contributed by atoms with Crippen LogP contribution in [0.3, 0.4) is 0 Å². The van der Waals surface area contributed by atoms with Crippen LogP contribution in [0.15, 0.2) is 6.20 Å². The predicted octanol–water partition coefficient (Wildman–Crippen LogP) is 3.14. The van der Waals surface area contributed by atoms with E-state index in [2.05, 4.69) is 20.3 Å².